The summed E-state index contributed by atoms with van der Waals surface area (Å²) in [5.74, 6) is 1.21. The maximum Gasteiger partial charge on any atom is 0.127 e. The van der Waals surface area contributed by atoms with E-state index in [4.69, 9.17) is 9.47 Å². The Labute approximate surface area is 126 Å². The van der Waals surface area contributed by atoms with E-state index in [0.29, 0.717) is 11.3 Å². The van der Waals surface area contributed by atoms with E-state index in [1.165, 1.54) is 0 Å². The van der Waals surface area contributed by atoms with Crippen molar-refractivity contribution in [3.8, 4) is 11.5 Å². The van der Waals surface area contributed by atoms with Gasteiger partial charge in [-0.3, -0.25) is 0 Å². The fraction of sp³-hybridized carbons (Fsp3) is 0.250. The number of benzene rings is 2. The molecule has 1 unspecified atom stereocenters. The Balaban J connectivity index is 2.41. The molecule has 0 aliphatic heterocycles. The molecule has 0 saturated heterocycles. The van der Waals surface area contributed by atoms with E-state index in [2.05, 4.69) is 15.9 Å². The number of aryl methyl sites for hydroxylation is 1. The van der Waals surface area contributed by atoms with Crippen molar-refractivity contribution in [3.05, 3.63) is 58.9 Å². The van der Waals surface area contributed by atoms with Crippen LogP contribution in [0.1, 0.15) is 21.5 Å². The highest BCUT2D eigenvalue weighted by molar-refractivity contribution is 9.09. The van der Waals surface area contributed by atoms with Crippen LogP contribution in [0.4, 0.5) is 4.39 Å². The van der Waals surface area contributed by atoms with Crippen LogP contribution in [0.2, 0.25) is 0 Å². The van der Waals surface area contributed by atoms with Gasteiger partial charge in [0.1, 0.15) is 17.3 Å². The normalized spacial score (nSPS) is 12.1. The number of halogens is 2. The number of hydrogen-bond donors (Lipinski definition) is 0. The lowest BCUT2D eigenvalue weighted by molar-refractivity contribution is 0.391. The van der Waals surface area contributed by atoms with Gasteiger partial charge in [-0.1, -0.05) is 34.1 Å². The van der Waals surface area contributed by atoms with Gasteiger partial charge in [0.25, 0.3) is 0 Å². The minimum absolute atomic E-state index is 0.140. The molecule has 2 aromatic rings. The van der Waals surface area contributed by atoms with Crippen molar-refractivity contribution >= 4 is 15.9 Å². The predicted molar refractivity (Wildman–Crippen MR) is 81.5 cm³/mol. The lowest BCUT2D eigenvalue weighted by Crippen LogP contribution is -1.99. The summed E-state index contributed by atoms with van der Waals surface area (Å²) in [6.07, 6.45) is 0. The second kappa shape index (κ2) is 6.27. The van der Waals surface area contributed by atoms with Crippen LogP contribution in [0.3, 0.4) is 0 Å². The highest BCUT2D eigenvalue weighted by Crippen LogP contribution is 2.38. The Morgan fingerprint density at radius 3 is 2.40 bits per heavy atom. The largest absolute Gasteiger partial charge is 0.497 e. The molecule has 0 heterocycles. The number of rotatable bonds is 4. The van der Waals surface area contributed by atoms with Crippen LogP contribution in [0, 0.1) is 12.7 Å². The third-order valence-electron chi connectivity index (χ3n) is 3.20. The fourth-order valence-corrected chi connectivity index (χ4v) is 2.64. The summed E-state index contributed by atoms with van der Waals surface area (Å²) in [7, 11) is 3.21. The Hall–Kier alpha value is -1.55. The summed E-state index contributed by atoms with van der Waals surface area (Å²) in [5.41, 5.74) is 2.41. The molecule has 106 valence electrons. The summed E-state index contributed by atoms with van der Waals surface area (Å²) in [4.78, 5) is -0.140. The van der Waals surface area contributed by atoms with E-state index in [1.807, 2.05) is 24.3 Å². The summed E-state index contributed by atoms with van der Waals surface area (Å²) in [6, 6.07) is 10.8. The highest BCUT2D eigenvalue weighted by atomic mass is 79.9. The van der Waals surface area contributed by atoms with Gasteiger partial charge in [-0.2, -0.15) is 0 Å². The Kier molecular flexibility index (Phi) is 4.65. The molecule has 1 atom stereocenters. The third kappa shape index (κ3) is 2.96. The minimum atomic E-state index is -0.209. The van der Waals surface area contributed by atoms with Gasteiger partial charge in [0.2, 0.25) is 0 Å². The van der Waals surface area contributed by atoms with E-state index in [0.717, 1.165) is 16.9 Å². The molecule has 0 aliphatic rings. The first kappa shape index (κ1) is 14.9. The monoisotopic (exact) mass is 338 g/mol. The zero-order valence-electron chi connectivity index (χ0n) is 11.6. The summed E-state index contributed by atoms with van der Waals surface area (Å²) in [6.45, 7) is 1.75. The topological polar surface area (TPSA) is 18.5 Å². The molecule has 0 radical (unpaired) electrons. The second-order valence-corrected chi connectivity index (χ2v) is 5.39. The molecule has 4 heteroatoms. The molecule has 0 bridgehead atoms. The molecule has 0 fully saturated rings. The van der Waals surface area contributed by atoms with Crippen molar-refractivity contribution in [3.63, 3.8) is 0 Å². The smallest absolute Gasteiger partial charge is 0.127 e. The summed E-state index contributed by atoms with van der Waals surface area (Å²) >= 11 is 3.60. The first-order valence-electron chi connectivity index (χ1n) is 6.19. The van der Waals surface area contributed by atoms with E-state index in [1.54, 1.807) is 33.3 Å². The highest BCUT2D eigenvalue weighted by Gasteiger charge is 2.17. The Bertz CT molecular complexity index is 613. The third-order valence-corrected chi connectivity index (χ3v) is 4.22. The molecular formula is C16H16BrFO2. The van der Waals surface area contributed by atoms with Gasteiger partial charge in [-0.05, 0) is 30.2 Å². The fourth-order valence-electron chi connectivity index (χ4n) is 1.97. The van der Waals surface area contributed by atoms with E-state index in [9.17, 15) is 4.39 Å². The predicted octanol–water partition coefficient (Wildman–Crippen LogP) is 4.64. The molecule has 2 aromatic carbocycles. The van der Waals surface area contributed by atoms with E-state index >= 15 is 0 Å². The van der Waals surface area contributed by atoms with Gasteiger partial charge in [-0.25, -0.2) is 4.39 Å². The molecular weight excluding hydrogens is 323 g/mol. The average molecular weight is 339 g/mol. The van der Waals surface area contributed by atoms with E-state index < -0.39 is 0 Å². The number of methoxy groups -OCH3 is 2. The van der Waals surface area contributed by atoms with Crippen LogP contribution in [-0.2, 0) is 0 Å². The zero-order valence-corrected chi connectivity index (χ0v) is 13.2. The molecule has 0 aromatic heterocycles. The van der Waals surface area contributed by atoms with Gasteiger partial charge in [0.15, 0.2) is 0 Å². The first-order valence-corrected chi connectivity index (χ1v) is 7.10. The van der Waals surface area contributed by atoms with Crippen molar-refractivity contribution in [1.82, 2.24) is 0 Å². The lowest BCUT2D eigenvalue weighted by Gasteiger charge is -2.16. The van der Waals surface area contributed by atoms with E-state index in [-0.39, 0.29) is 10.6 Å². The van der Waals surface area contributed by atoms with Crippen LogP contribution in [-0.4, -0.2) is 14.2 Å². The molecule has 0 spiro atoms. The van der Waals surface area contributed by atoms with Crippen LogP contribution in [0.15, 0.2) is 36.4 Å². The maximum absolute atomic E-state index is 13.7. The lowest BCUT2D eigenvalue weighted by atomic mass is 10.0. The number of ether oxygens (including phenoxy) is 2. The van der Waals surface area contributed by atoms with Crippen LogP contribution >= 0.6 is 15.9 Å². The molecule has 2 rings (SSSR count). The van der Waals surface area contributed by atoms with Gasteiger partial charge in [-0.15, -0.1) is 0 Å². The van der Waals surface area contributed by atoms with Crippen molar-refractivity contribution in [1.29, 1.82) is 0 Å². The standard InChI is InChI=1S/C16H16BrFO2/c1-10-4-5-11(8-14(10)18)16(17)13-7-6-12(19-2)9-15(13)20-3/h4-9,16H,1-3H3. The number of hydrogen-bond acceptors (Lipinski definition) is 2. The van der Waals surface area contributed by atoms with Crippen molar-refractivity contribution in [2.24, 2.45) is 0 Å². The van der Waals surface area contributed by atoms with Crippen molar-refractivity contribution in [2.75, 3.05) is 14.2 Å². The minimum Gasteiger partial charge on any atom is -0.497 e. The maximum atomic E-state index is 13.7. The molecule has 20 heavy (non-hydrogen) atoms. The van der Waals surface area contributed by atoms with Crippen LogP contribution in [0.5, 0.6) is 11.5 Å². The van der Waals surface area contributed by atoms with Crippen LogP contribution in [0.25, 0.3) is 0 Å². The van der Waals surface area contributed by atoms with Crippen molar-refractivity contribution < 1.29 is 13.9 Å². The van der Waals surface area contributed by atoms with Gasteiger partial charge >= 0.3 is 0 Å². The van der Waals surface area contributed by atoms with Gasteiger partial charge in [0.05, 0.1) is 19.0 Å². The quantitative estimate of drug-likeness (QED) is 0.756. The molecule has 0 saturated carbocycles. The number of alkyl halides is 1. The second-order valence-electron chi connectivity index (χ2n) is 4.48. The molecule has 0 N–H and O–H groups in total. The Morgan fingerprint density at radius 1 is 1.05 bits per heavy atom. The Morgan fingerprint density at radius 2 is 1.80 bits per heavy atom. The van der Waals surface area contributed by atoms with Crippen LogP contribution < -0.4 is 9.47 Å². The zero-order chi connectivity index (χ0) is 14.7. The average Bonchev–Trinajstić information content (AvgIpc) is 2.48. The van der Waals surface area contributed by atoms with Gasteiger partial charge in [0, 0.05) is 11.6 Å². The summed E-state index contributed by atoms with van der Waals surface area (Å²) < 4.78 is 24.2. The van der Waals surface area contributed by atoms with Crippen molar-refractivity contribution in [2.45, 2.75) is 11.8 Å². The molecule has 0 amide bonds. The first-order chi connectivity index (χ1) is 9.56. The van der Waals surface area contributed by atoms with Gasteiger partial charge < -0.3 is 9.47 Å². The SMILES string of the molecule is COc1ccc(C(Br)c2ccc(C)c(F)c2)c(OC)c1. The summed E-state index contributed by atoms with van der Waals surface area (Å²) in [5, 5.41) is 0. The molecule has 2 nitrogen and oxygen atoms in total. The molecule has 0 aliphatic carbocycles.